The summed E-state index contributed by atoms with van der Waals surface area (Å²) in [6.07, 6.45) is 4.38. The first kappa shape index (κ1) is 38.1. The molecule has 5 aliphatic heterocycles. The average molecular weight is 804 g/mol. The number of imide groups is 2. The highest BCUT2D eigenvalue weighted by atomic mass is 35.5. The monoisotopic (exact) mass is 803 g/mol. The van der Waals surface area contributed by atoms with Crippen LogP contribution in [0.4, 0.5) is 17.1 Å². The number of fused-ring (bicyclic) bond motifs is 3. The number of likely N-dealkylation sites (tertiary alicyclic amines) is 1. The van der Waals surface area contributed by atoms with Gasteiger partial charge in [0.05, 0.1) is 22.7 Å². The molecule has 5 fully saturated rings. The number of hydrogen-bond donors (Lipinski definition) is 1. The zero-order valence-corrected chi connectivity index (χ0v) is 33.0. The number of carbonyl (C=O) groups excluding carboxylic acids is 5. The molecule has 300 valence electrons. The number of halogens is 1. The topological polar surface area (TPSA) is 127 Å². The van der Waals surface area contributed by atoms with Crippen molar-refractivity contribution < 1.29 is 28.7 Å². The summed E-state index contributed by atoms with van der Waals surface area (Å²) in [7, 11) is 0. The van der Waals surface area contributed by atoms with Gasteiger partial charge < -0.3 is 19.4 Å². The van der Waals surface area contributed by atoms with Crippen molar-refractivity contribution in [1.29, 1.82) is 0 Å². The van der Waals surface area contributed by atoms with E-state index in [1.807, 2.05) is 23.1 Å². The smallest absolute Gasteiger partial charge is 0.262 e. The zero-order chi connectivity index (χ0) is 40.1. The SMILES string of the molecule is [C-]#[N+]c1ccc(OC2C3CCC2CN(C(=O)c2ccc(N4CCN(CC5CCN(c6ccc7c(c6)C(=O)N(C6CCC(=O)NC6=O)C7=O)CC5)CC4)cc2)C3)cc1Cl. The first-order chi connectivity index (χ1) is 28.1. The van der Waals surface area contributed by atoms with Crippen molar-refractivity contribution in [1.82, 2.24) is 20.0 Å². The molecule has 9 rings (SSSR count). The molecule has 14 heteroatoms. The van der Waals surface area contributed by atoms with E-state index in [2.05, 4.69) is 37.0 Å². The van der Waals surface area contributed by atoms with Gasteiger partial charge in [0.15, 0.2) is 0 Å². The highest BCUT2D eigenvalue weighted by Crippen LogP contribution is 2.41. The molecule has 3 atom stereocenters. The molecular weight excluding hydrogens is 758 g/mol. The maximum Gasteiger partial charge on any atom is 0.262 e. The normalized spacial score (nSPS) is 25.2. The van der Waals surface area contributed by atoms with Crippen LogP contribution >= 0.6 is 11.6 Å². The molecule has 3 aromatic carbocycles. The van der Waals surface area contributed by atoms with Gasteiger partial charge in [-0.15, -0.1) is 0 Å². The highest BCUT2D eigenvalue weighted by molar-refractivity contribution is 6.33. The number of ether oxygens (including phenoxy) is 1. The van der Waals surface area contributed by atoms with Crippen molar-refractivity contribution in [3.05, 3.63) is 93.8 Å². The Balaban J connectivity index is 0.726. The van der Waals surface area contributed by atoms with E-state index < -0.39 is 23.8 Å². The van der Waals surface area contributed by atoms with Gasteiger partial charge in [-0.3, -0.25) is 39.1 Å². The molecule has 6 aliphatic rings. The maximum absolute atomic E-state index is 13.6. The van der Waals surface area contributed by atoms with Gasteiger partial charge in [0.1, 0.15) is 17.9 Å². The van der Waals surface area contributed by atoms with Crippen molar-refractivity contribution in [3.63, 3.8) is 0 Å². The third-order valence-electron chi connectivity index (χ3n) is 13.1. The third kappa shape index (κ3) is 7.28. The summed E-state index contributed by atoms with van der Waals surface area (Å²) >= 11 is 6.25. The molecule has 1 saturated carbocycles. The summed E-state index contributed by atoms with van der Waals surface area (Å²) in [5.41, 5.74) is 3.78. The highest BCUT2D eigenvalue weighted by Gasteiger charge is 2.46. The molecule has 1 aliphatic carbocycles. The van der Waals surface area contributed by atoms with Gasteiger partial charge in [-0.25, -0.2) is 4.85 Å². The van der Waals surface area contributed by atoms with E-state index in [0.717, 1.165) is 87.8 Å². The standard InChI is InChI=1S/C44H46ClN7O6/c1-46-37-11-9-33(23-36(37)45)58-40-29-2-3-30(40)26-51(25-29)42(55)28-4-6-31(7-5-28)50-20-18-48(19-21-50)24-27-14-16-49(17-15-27)32-8-10-34-35(22-32)44(57)52(43(34)56)38-12-13-39(53)47-41(38)54/h4-11,22-23,27,29-30,38,40H,2-3,12-21,24-26H2,(H,47,53,54). The van der Waals surface area contributed by atoms with Crippen LogP contribution < -0.4 is 19.9 Å². The van der Waals surface area contributed by atoms with Gasteiger partial charge in [-0.05, 0) is 92.6 Å². The largest absolute Gasteiger partial charge is 0.490 e. The van der Waals surface area contributed by atoms with Gasteiger partial charge in [-0.2, -0.15) is 0 Å². The Morgan fingerprint density at radius 3 is 2.12 bits per heavy atom. The van der Waals surface area contributed by atoms with E-state index in [-0.39, 0.29) is 42.6 Å². The van der Waals surface area contributed by atoms with Crippen LogP contribution in [0.2, 0.25) is 5.02 Å². The molecule has 2 bridgehead atoms. The molecule has 4 saturated heterocycles. The number of rotatable bonds is 8. The van der Waals surface area contributed by atoms with Crippen LogP contribution in [-0.2, 0) is 9.59 Å². The minimum Gasteiger partial charge on any atom is -0.490 e. The van der Waals surface area contributed by atoms with Crippen molar-refractivity contribution in [2.75, 3.05) is 68.7 Å². The van der Waals surface area contributed by atoms with Gasteiger partial charge in [0, 0.05) is 94.1 Å². The number of piperidine rings is 3. The number of piperazine rings is 1. The number of benzene rings is 3. The molecule has 5 heterocycles. The fourth-order valence-corrected chi connectivity index (χ4v) is 10.1. The molecule has 0 aromatic heterocycles. The Kier molecular flexibility index (Phi) is 10.3. The summed E-state index contributed by atoms with van der Waals surface area (Å²) in [6.45, 7) is 15.1. The minimum atomic E-state index is -0.968. The van der Waals surface area contributed by atoms with Crippen LogP contribution in [0.25, 0.3) is 4.85 Å². The summed E-state index contributed by atoms with van der Waals surface area (Å²) < 4.78 is 6.38. The Labute approximate surface area is 342 Å². The maximum atomic E-state index is 13.6. The Bertz CT molecular complexity index is 2180. The van der Waals surface area contributed by atoms with E-state index in [1.165, 1.54) is 0 Å². The van der Waals surface area contributed by atoms with Gasteiger partial charge in [0.25, 0.3) is 17.7 Å². The number of hydrogen-bond acceptors (Lipinski definition) is 9. The first-order valence-corrected chi connectivity index (χ1v) is 20.8. The summed E-state index contributed by atoms with van der Waals surface area (Å²) in [5, 5.41) is 2.64. The fourth-order valence-electron chi connectivity index (χ4n) is 9.92. The van der Waals surface area contributed by atoms with E-state index in [0.29, 0.717) is 52.2 Å². The third-order valence-corrected chi connectivity index (χ3v) is 13.4. The van der Waals surface area contributed by atoms with Gasteiger partial charge in [-0.1, -0.05) is 17.7 Å². The number of amides is 5. The number of carbonyl (C=O) groups is 5. The molecule has 58 heavy (non-hydrogen) atoms. The number of nitrogens with one attached hydrogen (secondary N) is 1. The molecule has 0 spiro atoms. The van der Waals surface area contributed by atoms with Crippen LogP contribution in [0, 0.1) is 24.3 Å². The van der Waals surface area contributed by atoms with Crippen molar-refractivity contribution in [2.24, 2.45) is 17.8 Å². The summed E-state index contributed by atoms with van der Waals surface area (Å²) in [6, 6.07) is 17.7. The zero-order valence-electron chi connectivity index (χ0n) is 32.3. The lowest BCUT2D eigenvalue weighted by molar-refractivity contribution is -0.136. The second-order valence-electron chi connectivity index (χ2n) is 16.6. The van der Waals surface area contributed by atoms with Crippen LogP contribution in [0.5, 0.6) is 5.75 Å². The minimum absolute atomic E-state index is 0.0354. The lowest BCUT2D eigenvalue weighted by Crippen LogP contribution is -2.54. The lowest BCUT2D eigenvalue weighted by Gasteiger charge is -2.40. The summed E-state index contributed by atoms with van der Waals surface area (Å²) in [5.74, 6) is -0.124. The van der Waals surface area contributed by atoms with Crippen LogP contribution in [0.3, 0.4) is 0 Å². The van der Waals surface area contributed by atoms with Crippen molar-refractivity contribution in [2.45, 2.75) is 50.7 Å². The Hall–Kier alpha value is -5.45. The first-order valence-electron chi connectivity index (χ1n) is 20.4. The molecule has 1 N–H and O–H groups in total. The predicted molar refractivity (Wildman–Crippen MR) is 217 cm³/mol. The lowest BCUT2D eigenvalue weighted by atomic mass is 9.94. The second kappa shape index (κ2) is 15.7. The number of nitrogens with zero attached hydrogens (tertiary/aromatic N) is 6. The van der Waals surface area contributed by atoms with E-state index in [9.17, 15) is 24.0 Å². The summed E-state index contributed by atoms with van der Waals surface area (Å²) in [4.78, 5) is 77.8. The van der Waals surface area contributed by atoms with Gasteiger partial charge in [0.2, 0.25) is 17.5 Å². The van der Waals surface area contributed by atoms with E-state index >= 15 is 0 Å². The second-order valence-corrected chi connectivity index (χ2v) is 17.0. The molecule has 3 unspecified atom stereocenters. The van der Waals surface area contributed by atoms with E-state index in [4.69, 9.17) is 22.9 Å². The number of anilines is 2. The average Bonchev–Trinajstić information content (AvgIpc) is 3.61. The van der Waals surface area contributed by atoms with Crippen LogP contribution in [-0.4, -0.2) is 115 Å². The molecule has 5 amide bonds. The molecule has 13 nitrogen and oxygen atoms in total. The van der Waals surface area contributed by atoms with E-state index in [1.54, 1.807) is 30.3 Å². The van der Waals surface area contributed by atoms with Crippen molar-refractivity contribution in [3.8, 4) is 5.75 Å². The quantitative estimate of drug-likeness (QED) is 0.240. The van der Waals surface area contributed by atoms with Crippen LogP contribution in [0.15, 0.2) is 60.7 Å². The van der Waals surface area contributed by atoms with Crippen molar-refractivity contribution >= 4 is 58.2 Å². The predicted octanol–water partition coefficient (Wildman–Crippen LogP) is 5.26. The Morgan fingerprint density at radius 1 is 0.776 bits per heavy atom. The Morgan fingerprint density at radius 2 is 1.45 bits per heavy atom. The molecule has 3 aromatic rings. The molecule has 0 radical (unpaired) electrons. The fraction of sp³-hybridized carbons (Fsp3) is 0.455. The van der Waals surface area contributed by atoms with Crippen LogP contribution in [0.1, 0.15) is 69.6 Å². The molecular formula is C44H46ClN7O6. The van der Waals surface area contributed by atoms with Gasteiger partial charge >= 0.3 is 0 Å².